The third-order valence-electron chi connectivity index (χ3n) is 3.26. The molecular weight excluding hydrogens is 301 g/mol. The molecule has 0 spiro atoms. The van der Waals surface area contributed by atoms with Crippen molar-refractivity contribution < 1.29 is 17.9 Å². The number of halogens is 3. The average molecular weight is 318 g/mol. The van der Waals surface area contributed by atoms with Crippen molar-refractivity contribution in [3.05, 3.63) is 29.8 Å². The number of ether oxygens (including phenoxy) is 1. The third-order valence-corrected chi connectivity index (χ3v) is 3.50. The predicted octanol–water partition coefficient (Wildman–Crippen LogP) is 3.56. The smallest absolute Gasteiger partial charge is 0.378 e. The van der Waals surface area contributed by atoms with Crippen molar-refractivity contribution in [2.24, 2.45) is 0 Å². The minimum Gasteiger partial charge on any atom is -0.378 e. The lowest BCUT2D eigenvalue weighted by atomic mass is 10.1. The maximum atomic E-state index is 12.8. The summed E-state index contributed by atoms with van der Waals surface area (Å²) in [6, 6.07) is 5.27. The number of thiocarbonyl (C=S) groups is 1. The van der Waals surface area contributed by atoms with E-state index in [1.807, 2.05) is 0 Å². The summed E-state index contributed by atoms with van der Waals surface area (Å²) in [5.74, 6) is 0. The van der Waals surface area contributed by atoms with Crippen LogP contribution >= 0.6 is 12.2 Å². The Bertz CT molecular complexity index is 487. The van der Waals surface area contributed by atoms with Crippen LogP contribution in [0.3, 0.4) is 0 Å². The first-order valence-corrected chi connectivity index (χ1v) is 7.20. The molecule has 3 nitrogen and oxygen atoms in total. The molecule has 0 bridgehead atoms. The molecule has 7 heteroatoms. The van der Waals surface area contributed by atoms with Crippen molar-refractivity contribution in [3.63, 3.8) is 0 Å². The van der Waals surface area contributed by atoms with E-state index in [-0.39, 0.29) is 16.9 Å². The first kappa shape index (κ1) is 16.0. The Morgan fingerprint density at radius 3 is 2.76 bits per heavy atom. The highest BCUT2D eigenvalue weighted by molar-refractivity contribution is 7.80. The monoisotopic (exact) mass is 318 g/mol. The van der Waals surface area contributed by atoms with E-state index in [9.17, 15) is 13.2 Å². The number of hydrogen-bond acceptors (Lipinski definition) is 2. The van der Waals surface area contributed by atoms with Gasteiger partial charge in [-0.1, -0.05) is 12.1 Å². The molecule has 0 saturated carbocycles. The minimum absolute atomic E-state index is 0.0420. The quantitative estimate of drug-likeness (QED) is 0.832. The second-order valence-electron chi connectivity index (χ2n) is 4.85. The lowest BCUT2D eigenvalue weighted by molar-refractivity contribution is -0.136. The van der Waals surface area contributed by atoms with Gasteiger partial charge in [-0.25, -0.2) is 0 Å². The number of alkyl halides is 3. The van der Waals surface area contributed by atoms with Gasteiger partial charge < -0.3 is 15.4 Å². The van der Waals surface area contributed by atoms with Crippen LogP contribution in [0.15, 0.2) is 24.3 Å². The van der Waals surface area contributed by atoms with Gasteiger partial charge in [-0.2, -0.15) is 13.2 Å². The first-order chi connectivity index (χ1) is 9.97. The van der Waals surface area contributed by atoms with Crippen molar-refractivity contribution in [1.82, 2.24) is 5.32 Å². The number of nitrogens with one attached hydrogen (secondary N) is 2. The fourth-order valence-electron chi connectivity index (χ4n) is 2.22. The summed E-state index contributed by atoms with van der Waals surface area (Å²) >= 11 is 5.03. The van der Waals surface area contributed by atoms with Crippen molar-refractivity contribution in [1.29, 1.82) is 0 Å². The highest BCUT2D eigenvalue weighted by Gasteiger charge is 2.33. The Morgan fingerprint density at radius 1 is 1.33 bits per heavy atom. The number of rotatable bonds is 4. The van der Waals surface area contributed by atoms with Gasteiger partial charge in [0, 0.05) is 13.2 Å². The zero-order valence-corrected chi connectivity index (χ0v) is 12.2. The fraction of sp³-hybridized carbons (Fsp3) is 0.500. The summed E-state index contributed by atoms with van der Waals surface area (Å²) in [4.78, 5) is 0. The molecule has 1 aliphatic rings. The highest BCUT2D eigenvalue weighted by Crippen LogP contribution is 2.34. The molecular formula is C14H17F3N2OS. The minimum atomic E-state index is -4.41. The van der Waals surface area contributed by atoms with Crippen LogP contribution in [-0.4, -0.2) is 24.4 Å². The lowest BCUT2D eigenvalue weighted by Gasteiger charge is -2.16. The van der Waals surface area contributed by atoms with Gasteiger partial charge in [0.05, 0.1) is 17.4 Å². The summed E-state index contributed by atoms with van der Waals surface area (Å²) in [7, 11) is 0. The van der Waals surface area contributed by atoms with Crippen LogP contribution in [0.2, 0.25) is 0 Å². The Labute approximate surface area is 126 Å². The van der Waals surface area contributed by atoms with Gasteiger partial charge in [0.1, 0.15) is 0 Å². The van der Waals surface area contributed by atoms with Crippen LogP contribution < -0.4 is 10.6 Å². The van der Waals surface area contributed by atoms with E-state index < -0.39 is 11.7 Å². The first-order valence-electron chi connectivity index (χ1n) is 6.79. The molecule has 21 heavy (non-hydrogen) atoms. The molecule has 0 aromatic heterocycles. The molecule has 1 atom stereocenters. The topological polar surface area (TPSA) is 33.3 Å². The fourth-order valence-corrected chi connectivity index (χ4v) is 2.44. The maximum absolute atomic E-state index is 12.8. The van der Waals surface area contributed by atoms with Crippen LogP contribution in [-0.2, 0) is 10.9 Å². The van der Waals surface area contributed by atoms with Gasteiger partial charge >= 0.3 is 6.18 Å². The van der Waals surface area contributed by atoms with E-state index in [1.165, 1.54) is 18.2 Å². The van der Waals surface area contributed by atoms with Crippen molar-refractivity contribution in [3.8, 4) is 0 Å². The largest absolute Gasteiger partial charge is 0.418 e. The Kier molecular flexibility index (Phi) is 5.41. The molecule has 1 heterocycles. The second kappa shape index (κ2) is 7.09. The molecule has 1 unspecified atom stereocenters. The summed E-state index contributed by atoms with van der Waals surface area (Å²) < 4.78 is 44.0. The zero-order chi connectivity index (χ0) is 15.3. The van der Waals surface area contributed by atoms with Gasteiger partial charge in [-0.3, -0.25) is 0 Å². The Hall–Kier alpha value is -1.34. The maximum Gasteiger partial charge on any atom is 0.418 e. The molecule has 1 fully saturated rings. The summed E-state index contributed by atoms with van der Waals surface area (Å²) in [5, 5.41) is 5.70. The molecule has 1 saturated heterocycles. The molecule has 0 amide bonds. The summed E-state index contributed by atoms with van der Waals surface area (Å²) in [5.41, 5.74) is -0.770. The van der Waals surface area contributed by atoms with E-state index in [0.29, 0.717) is 6.54 Å². The van der Waals surface area contributed by atoms with Gasteiger partial charge in [-0.15, -0.1) is 0 Å². The number of para-hydroxylation sites is 1. The van der Waals surface area contributed by atoms with Crippen LogP contribution in [0.4, 0.5) is 18.9 Å². The van der Waals surface area contributed by atoms with Crippen LogP contribution in [0.5, 0.6) is 0 Å². The summed E-state index contributed by atoms with van der Waals surface area (Å²) in [6.07, 6.45) is -1.30. The van der Waals surface area contributed by atoms with Crippen LogP contribution in [0.25, 0.3) is 0 Å². The van der Waals surface area contributed by atoms with Crippen LogP contribution in [0, 0.1) is 0 Å². The standard InChI is InChI=1S/C14H17F3N2OS/c15-14(16,17)11-5-1-2-6-12(11)19-13(21)18-8-7-10-4-3-9-20-10/h1-2,5-6,10H,3-4,7-9H2,(H2,18,19,21). The molecule has 116 valence electrons. The van der Waals surface area contributed by atoms with Gasteiger partial charge in [0.15, 0.2) is 5.11 Å². The molecule has 2 rings (SSSR count). The average Bonchev–Trinajstić information content (AvgIpc) is 2.91. The molecule has 0 radical (unpaired) electrons. The normalized spacial score (nSPS) is 18.5. The highest BCUT2D eigenvalue weighted by atomic mass is 32.1. The van der Waals surface area contributed by atoms with Crippen LogP contribution in [0.1, 0.15) is 24.8 Å². The third kappa shape index (κ3) is 4.86. The summed E-state index contributed by atoms with van der Waals surface area (Å²) in [6.45, 7) is 1.36. The van der Waals surface area contributed by atoms with E-state index in [4.69, 9.17) is 17.0 Å². The molecule has 0 aliphatic carbocycles. The Balaban J connectivity index is 1.85. The van der Waals surface area contributed by atoms with Gasteiger partial charge in [-0.05, 0) is 43.6 Å². The molecule has 2 N–H and O–H groups in total. The zero-order valence-electron chi connectivity index (χ0n) is 11.4. The van der Waals surface area contributed by atoms with Gasteiger partial charge in [0.25, 0.3) is 0 Å². The van der Waals surface area contributed by atoms with Crippen molar-refractivity contribution >= 4 is 23.0 Å². The number of benzene rings is 1. The van der Waals surface area contributed by atoms with E-state index in [0.717, 1.165) is 31.9 Å². The van der Waals surface area contributed by atoms with Crippen molar-refractivity contribution in [2.45, 2.75) is 31.5 Å². The second-order valence-corrected chi connectivity index (χ2v) is 5.26. The molecule has 1 aromatic rings. The van der Waals surface area contributed by atoms with E-state index in [2.05, 4.69) is 10.6 Å². The van der Waals surface area contributed by atoms with E-state index in [1.54, 1.807) is 0 Å². The number of hydrogen-bond donors (Lipinski definition) is 2. The lowest BCUT2D eigenvalue weighted by Crippen LogP contribution is -2.31. The van der Waals surface area contributed by atoms with Crippen molar-refractivity contribution in [2.75, 3.05) is 18.5 Å². The van der Waals surface area contributed by atoms with Gasteiger partial charge in [0.2, 0.25) is 0 Å². The molecule has 1 aromatic carbocycles. The Morgan fingerprint density at radius 2 is 2.10 bits per heavy atom. The predicted molar refractivity (Wildman–Crippen MR) is 79.3 cm³/mol. The van der Waals surface area contributed by atoms with E-state index >= 15 is 0 Å². The number of anilines is 1. The molecule has 1 aliphatic heterocycles. The SMILES string of the molecule is FC(F)(F)c1ccccc1NC(=S)NCCC1CCCO1.